The van der Waals surface area contributed by atoms with Gasteiger partial charge in [0.15, 0.2) is 5.43 Å². The van der Waals surface area contributed by atoms with E-state index in [-0.39, 0.29) is 26.9 Å². The van der Waals surface area contributed by atoms with Crippen LogP contribution in [0.15, 0.2) is 35.4 Å². The van der Waals surface area contributed by atoms with Gasteiger partial charge in [-0.3, -0.25) is 10.2 Å². The number of rotatable bonds is 4. The minimum Gasteiger partial charge on any atom is -0.392 e. The molecule has 0 fully saturated rings. The number of halogens is 3. The highest BCUT2D eigenvalue weighted by atomic mass is 79.9. The van der Waals surface area contributed by atoms with Gasteiger partial charge in [0.1, 0.15) is 16.3 Å². The number of pyridine rings is 1. The Morgan fingerprint density at radius 2 is 1.88 bits per heavy atom. The minimum absolute atomic E-state index is 0.00250. The van der Waals surface area contributed by atoms with Crippen LogP contribution in [0.3, 0.4) is 0 Å². The van der Waals surface area contributed by atoms with Gasteiger partial charge in [0.25, 0.3) is 0 Å². The molecule has 0 atom stereocenters. The van der Waals surface area contributed by atoms with E-state index in [2.05, 4.69) is 21.2 Å². The van der Waals surface area contributed by atoms with Gasteiger partial charge >= 0.3 is 0 Å². The summed E-state index contributed by atoms with van der Waals surface area (Å²) in [4.78, 5) is 12.3. The molecule has 0 bridgehead atoms. The van der Waals surface area contributed by atoms with Crippen molar-refractivity contribution in [2.24, 2.45) is 0 Å². The fourth-order valence-corrected chi connectivity index (χ4v) is 2.80. The molecule has 0 aliphatic heterocycles. The van der Waals surface area contributed by atoms with Crippen LogP contribution in [0, 0.1) is 30.9 Å². The Balaban J connectivity index is 3.00. The van der Waals surface area contributed by atoms with E-state index in [4.69, 9.17) is 5.41 Å². The maximum Gasteiger partial charge on any atom is 0.188 e. The lowest BCUT2D eigenvalue weighted by molar-refractivity contribution is 0.587. The van der Waals surface area contributed by atoms with Crippen LogP contribution in [-0.4, -0.2) is 16.2 Å². The van der Waals surface area contributed by atoms with E-state index in [1.54, 1.807) is 14.0 Å². The highest BCUT2D eigenvalue weighted by Gasteiger charge is 2.21. The normalized spacial score (nSPS) is 11.5. The summed E-state index contributed by atoms with van der Waals surface area (Å²) < 4.78 is 30.1. The van der Waals surface area contributed by atoms with E-state index < -0.39 is 11.6 Å². The molecule has 0 aliphatic rings. The standard InChI is InChI=1S/C17H16BrF2N3O/c1-9-8-23(13(7-22-3)17(18)21)15(10(2)16(9)24)14-11(19)5-4-6-12(14)20/h4-8,21-22H,1-3H3/b13-7+,21-17?. The molecule has 24 heavy (non-hydrogen) atoms. The van der Waals surface area contributed by atoms with E-state index >= 15 is 0 Å². The van der Waals surface area contributed by atoms with E-state index in [0.29, 0.717) is 11.3 Å². The molecule has 1 aromatic carbocycles. The van der Waals surface area contributed by atoms with Gasteiger partial charge in [-0.2, -0.15) is 0 Å². The SMILES string of the molecule is CN/C=C(\C(=N)Br)n1cc(C)c(=O)c(C)c1-c1c(F)cccc1F. The van der Waals surface area contributed by atoms with Crippen molar-refractivity contribution in [2.75, 3.05) is 7.05 Å². The first kappa shape index (κ1) is 18.1. The van der Waals surface area contributed by atoms with Gasteiger partial charge in [0, 0.05) is 30.6 Å². The van der Waals surface area contributed by atoms with E-state index in [0.717, 1.165) is 12.1 Å². The number of benzene rings is 1. The first-order valence-electron chi connectivity index (χ1n) is 7.09. The molecule has 0 spiro atoms. The number of aromatic nitrogens is 1. The van der Waals surface area contributed by atoms with Crippen LogP contribution in [0.25, 0.3) is 17.0 Å². The van der Waals surface area contributed by atoms with Gasteiger partial charge in [0.05, 0.1) is 17.0 Å². The number of aryl methyl sites for hydroxylation is 1. The van der Waals surface area contributed by atoms with Gasteiger partial charge in [-0.25, -0.2) is 8.78 Å². The van der Waals surface area contributed by atoms with E-state index in [9.17, 15) is 13.6 Å². The van der Waals surface area contributed by atoms with Crippen molar-refractivity contribution >= 4 is 26.2 Å². The molecule has 0 aliphatic carbocycles. The second-order valence-electron chi connectivity index (χ2n) is 5.21. The lowest BCUT2D eigenvalue weighted by atomic mass is 10.0. The quantitative estimate of drug-likeness (QED) is 0.773. The van der Waals surface area contributed by atoms with Crippen LogP contribution < -0.4 is 10.7 Å². The summed E-state index contributed by atoms with van der Waals surface area (Å²) in [6.45, 7) is 3.13. The number of nitrogens with one attached hydrogen (secondary N) is 2. The summed E-state index contributed by atoms with van der Waals surface area (Å²) in [5.74, 6) is -1.56. The Morgan fingerprint density at radius 3 is 2.38 bits per heavy atom. The number of allylic oxidation sites excluding steroid dienone is 1. The number of hydrogen-bond acceptors (Lipinski definition) is 3. The van der Waals surface area contributed by atoms with Crippen LogP contribution in [0.4, 0.5) is 8.78 Å². The Labute approximate surface area is 146 Å². The topological polar surface area (TPSA) is 57.9 Å². The second kappa shape index (κ2) is 7.09. The molecule has 1 aromatic heterocycles. The average Bonchev–Trinajstić information content (AvgIpc) is 2.51. The lowest BCUT2D eigenvalue weighted by Crippen LogP contribution is -2.20. The van der Waals surface area contributed by atoms with E-state index in [1.807, 2.05) is 0 Å². The molecule has 4 nitrogen and oxygen atoms in total. The summed E-state index contributed by atoms with van der Waals surface area (Å²) in [5.41, 5.74) is 0.392. The van der Waals surface area contributed by atoms with Gasteiger partial charge in [-0.1, -0.05) is 6.07 Å². The Kier molecular flexibility index (Phi) is 5.33. The largest absolute Gasteiger partial charge is 0.392 e. The fraction of sp³-hybridized carbons (Fsp3) is 0.176. The minimum atomic E-state index is -0.778. The molecule has 0 saturated heterocycles. The van der Waals surface area contributed by atoms with Gasteiger partial charge in [0.2, 0.25) is 0 Å². The van der Waals surface area contributed by atoms with Crippen molar-refractivity contribution in [3.63, 3.8) is 0 Å². The molecule has 1 heterocycles. The predicted octanol–water partition coefficient (Wildman–Crippen LogP) is 3.80. The van der Waals surface area contributed by atoms with Crippen LogP contribution in [-0.2, 0) is 0 Å². The van der Waals surface area contributed by atoms with E-state index in [1.165, 1.54) is 30.0 Å². The maximum atomic E-state index is 14.3. The van der Waals surface area contributed by atoms with Crippen molar-refractivity contribution in [3.05, 3.63) is 63.6 Å². The monoisotopic (exact) mass is 395 g/mol. The molecule has 126 valence electrons. The molecule has 2 N–H and O–H groups in total. The summed E-state index contributed by atoms with van der Waals surface area (Å²) >= 11 is 3.08. The van der Waals surface area contributed by atoms with Crippen molar-refractivity contribution in [3.8, 4) is 11.3 Å². The summed E-state index contributed by atoms with van der Waals surface area (Å²) in [7, 11) is 1.64. The van der Waals surface area contributed by atoms with Crippen LogP contribution >= 0.6 is 15.9 Å². The van der Waals surface area contributed by atoms with Crippen LogP contribution in [0.5, 0.6) is 0 Å². The van der Waals surface area contributed by atoms with Crippen molar-refractivity contribution in [1.82, 2.24) is 9.88 Å². The third-order valence-electron chi connectivity index (χ3n) is 3.58. The fourth-order valence-electron chi connectivity index (χ4n) is 2.50. The highest BCUT2D eigenvalue weighted by molar-refractivity contribution is 9.18. The molecule has 0 saturated carbocycles. The maximum absolute atomic E-state index is 14.3. The Bertz CT molecular complexity index is 883. The molecule has 0 unspecified atom stereocenters. The Hall–Kier alpha value is -2.28. The summed E-state index contributed by atoms with van der Waals surface area (Å²) in [6.07, 6.45) is 2.97. The van der Waals surface area contributed by atoms with Gasteiger partial charge in [-0.05, 0) is 41.9 Å². The summed E-state index contributed by atoms with van der Waals surface area (Å²) in [6, 6.07) is 3.53. The van der Waals surface area contributed by atoms with Gasteiger partial charge < -0.3 is 9.88 Å². The number of nitrogens with zero attached hydrogens (tertiary/aromatic N) is 1. The molecule has 0 amide bonds. The molecule has 2 aromatic rings. The van der Waals surface area contributed by atoms with Gasteiger partial charge in [-0.15, -0.1) is 0 Å². The zero-order valence-electron chi connectivity index (χ0n) is 13.4. The van der Waals surface area contributed by atoms with Crippen molar-refractivity contribution in [2.45, 2.75) is 13.8 Å². The highest BCUT2D eigenvalue weighted by Crippen LogP contribution is 2.30. The van der Waals surface area contributed by atoms with Crippen LogP contribution in [0.1, 0.15) is 11.1 Å². The second-order valence-corrected chi connectivity index (χ2v) is 6.01. The third kappa shape index (κ3) is 3.17. The Morgan fingerprint density at radius 1 is 1.29 bits per heavy atom. The molecule has 2 rings (SSSR count). The molecular formula is C17H16BrF2N3O. The zero-order chi connectivity index (χ0) is 18.0. The third-order valence-corrected chi connectivity index (χ3v) is 3.99. The zero-order valence-corrected chi connectivity index (χ0v) is 15.0. The first-order chi connectivity index (χ1) is 11.3. The lowest BCUT2D eigenvalue weighted by Gasteiger charge is -2.20. The summed E-state index contributed by atoms with van der Waals surface area (Å²) in [5, 5.41) is 10.7. The van der Waals surface area contributed by atoms with Crippen molar-refractivity contribution < 1.29 is 8.78 Å². The average molecular weight is 396 g/mol. The first-order valence-corrected chi connectivity index (χ1v) is 7.88. The molecular weight excluding hydrogens is 380 g/mol. The number of hydrogen-bond donors (Lipinski definition) is 2. The van der Waals surface area contributed by atoms with Crippen LogP contribution in [0.2, 0.25) is 0 Å². The molecule has 0 radical (unpaired) electrons. The smallest absolute Gasteiger partial charge is 0.188 e. The molecule has 7 heteroatoms. The van der Waals surface area contributed by atoms with Crippen molar-refractivity contribution in [1.29, 1.82) is 5.41 Å². The predicted molar refractivity (Wildman–Crippen MR) is 95.5 cm³/mol.